The van der Waals surface area contributed by atoms with Crippen molar-refractivity contribution in [1.29, 1.82) is 0 Å². The first kappa shape index (κ1) is 15.7. The van der Waals surface area contributed by atoms with Crippen molar-refractivity contribution < 1.29 is 9.59 Å². The molecule has 1 aromatic rings. The summed E-state index contributed by atoms with van der Waals surface area (Å²) in [4.78, 5) is 23.3. The third-order valence-electron chi connectivity index (χ3n) is 2.55. The summed E-state index contributed by atoms with van der Waals surface area (Å²) in [5.41, 5.74) is 1.30. The van der Waals surface area contributed by atoms with Crippen molar-refractivity contribution in [2.75, 3.05) is 11.9 Å². The molecule has 0 aliphatic heterocycles. The second-order valence-corrected chi connectivity index (χ2v) is 6.30. The summed E-state index contributed by atoms with van der Waals surface area (Å²) in [5.74, 6) is -0.388. The standard InChI is InChI=1S/C14H19BrN2O2/c1-9-5-6-10(7-11(9)15)17-12(18)8-16-13(19)14(2,3)4/h5-7H,8H2,1-4H3,(H,16,19)(H,17,18). The first-order valence-electron chi connectivity index (χ1n) is 6.04. The summed E-state index contributed by atoms with van der Waals surface area (Å²) in [6.07, 6.45) is 0. The van der Waals surface area contributed by atoms with Crippen molar-refractivity contribution in [3.05, 3.63) is 28.2 Å². The summed E-state index contributed by atoms with van der Waals surface area (Å²) in [5, 5.41) is 5.34. The summed E-state index contributed by atoms with van der Waals surface area (Å²) in [6.45, 7) is 7.35. The zero-order valence-electron chi connectivity index (χ0n) is 11.6. The predicted molar refractivity (Wildman–Crippen MR) is 80.0 cm³/mol. The number of nitrogens with one attached hydrogen (secondary N) is 2. The van der Waals surface area contributed by atoms with Crippen LogP contribution in [0.5, 0.6) is 0 Å². The van der Waals surface area contributed by atoms with Crippen LogP contribution in [0.1, 0.15) is 26.3 Å². The van der Waals surface area contributed by atoms with E-state index in [9.17, 15) is 9.59 Å². The third-order valence-corrected chi connectivity index (χ3v) is 3.40. The fraction of sp³-hybridized carbons (Fsp3) is 0.429. The molecule has 1 aromatic carbocycles. The summed E-state index contributed by atoms with van der Waals surface area (Å²) in [6, 6.07) is 5.57. The predicted octanol–water partition coefficient (Wildman–Crippen LogP) is 2.86. The number of rotatable bonds is 3. The monoisotopic (exact) mass is 326 g/mol. The Morgan fingerprint density at radius 2 is 1.89 bits per heavy atom. The molecular weight excluding hydrogens is 308 g/mol. The molecule has 0 bridgehead atoms. The van der Waals surface area contributed by atoms with Gasteiger partial charge in [-0.1, -0.05) is 42.8 Å². The van der Waals surface area contributed by atoms with E-state index in [4.69, 9.17) is 0 Å². The SMILES string of the molecule is Cc1ccc(NC(=O)CNC(=O)C(C)(C)C)cc1Br. The largest absolute Gasteiger partial charge is 0.347 e. The van der Waals surface area contributed by atoms with Crippen LogP contribution in [0.2, 0.25) is 0 Å². The average Bonchev–Trinajstić information content (AvgIpc) is 2.29. The number of hydrogen-bond acceptors (Lipinski definition) is 2. The van der Waals surface area contributed by atoms with Gasteiger partial charge in [-0.15, -0.1) is 0 Å². The smallest absolute Gasteiger partial charge is 0.243 e. The van der Waals surface area contributed by atoms with E-state index in [2.05, 4.69) is 26.6 Å². The molecule has 0 fully saturated rings. The Hall–Kier alpha value is -1.36. The molecule has 104 valence electrons. The van der Waals surface area contributed by atoms with E-state index >= 15 is 0 Å². The van der Waals surface area contributed by atoms with Crippen molar-refractivity contribution in [3.63, 3.8) is 0 Å². The highest BCUT2D eigenvalue weighted by atomic mass is 79.9. The molecule has 0 unspecified atom stereocenters. The van der Waals surface area contributed by atoms with E-state index < -0.39 is 5.41 Å². The van der Waals surface area contributed by atoms with Gasteiger partial charge in [0.15, 0.2) is 0 Å². The van der Waals surface area contributed by atoms with Crippen molar-refractivity contribution >= 4 is 33.4 Å². The second-order valence-electron chi connectivity index (χ2n) is 5.44. The minimum absolute atomic E-state index is 0.0262. The molecule has 0 atom stereocenters. The minimum atomic E-state index is -0.493. The van der Waals surface area contributed by atoms with Gasteiger partial charge < -0.3 is 10.6 Å². The number of amides is 2. The molecular formula is C14H19BrN2O2. The zero-order valence-corrected chi connectivity index (χ0v) is 13.2. The van der Waals surface area contributed by atoms with Gasteiger partial charge in [0, 0.05) is 15.6 Å². The van der Waals surface area contributed by atoms with Gasteiger partial charge in [0.25, 0.3) is 0 Å². The number of aryl methyl sites for hydroxylation is 1. The maximum Gasteiger partial charge on any atom is 0.243 e. The molecule has 2 amide bonds. The lowest BCUT2D eigenvalue weighted by atomic mass is 9.96. The lowest BCUT2D eigenvalue weighted by molar-refractivity contribution is -0.130. The van der Waals surface area contributed by atoms with Crippen molar-refractivity contribution in [2.24, 2.45) is 5.41 Å². The molecule has 0 aliphatic rings. The highest BCUT2D eigenvalue weighted by Gasteiger charge is 2.21. The topological polar surface area (TPSA) is 58.2 Å². The van der Waals surface area contributed by atoms with Gasteiger partial charge in [-0.3, -0.25) is 9.59 Å². The quantitative estimate of drug-likeness (QED) is 0.897. The summed E-state index contributed by atoms with van der Waals surface area (Å²) < 4.78 is 0.934. The van der Waals surface area contributed by atoms with Gasteiger partial charge in [-0.2, -0.15) is 0 Å². The van der Waals surface area contributed by atoms with Gasteiger partial charge >= 0.3 is 0 Å². The molecule has 1 rings (SSSR count). The molecule has 4 nitrogen and oxygen atoms in total. The van der Waals surface area contributed by atoms with E-state index in [-0.39, 0.29) is 18.4 Å². The number of carbonyl (C=O) groups is 2. The van der Waals surface area contributed by atoms with Crippen LogP contribution < -0.4 is 10.6 Å². The van der Waals surface area contributed by atoms with Crippen molar-refractivity contribution in [1.82, 2.24) is 5.32 Å². The van der Waals surface area contributed by atoms with Crippen molar-refractivity contribution in [3.8, 4) is 0 Å². The first-order chi connectivity index (χ1) is 8.70. The van der Waals surface area contributed by atoms with Crippen LogP contribution in [0.15, 0.2) is 22.7 Å². The van der Waals surface area contributed by atoms with Crippen LogP contribution in [-0.2, 0) is 9.59 Å². The van der Waals surface area contributed by atoms with E-state index in [1.54, 1.807) is 20.8 Å². The number of hydrogen-bond donors (Lipinski definition) is 2. The molecule has 0 aromatic heterocycles. The van der Waals surface area contributed by atoms with Crippen LogP contribution in [0.3, 0.4) is 0 Å². The average molecular weight is 327 g/mol. The maximum absolute atomic E-state index is 11.7. The number of anilines is 1. The molecule has 19 heavy (non-hydrogen) atoms. The van der Waals surface area contributed by atoms with Crippen LogP contribution >= 0.6 is 15.9 Å². The van der Waals surface area contributed by atoms with Crippen molar-refractivity contribution in [2.45, 2.75) is 27.7 Å². The molecule has 0 heterocycles. The Balaban J connectivity index is 2.52. The Kier molecular flexibility index (Phi) is 5.11. The normalized spacial score (nSPS) is 11.0. The fourth-order valence-electron chi connectivity index (χ4n) is 1.30. The highest BCUT2D eigenvalue weighted by Crippen LogP contribution is 2.20. The third kappa shape index (κ3) is 5.03. The second kappa shape index (κ2) is 6.19. The molecule has 0 radical (unpaired) electrons. The van der Waals surface area contributed by atoms with Gasteiger partial charge in [0.05, 0.1) is 6.54 Å². The van der Waals surface area contributed by atoms with Crippen LogP contribution in [0.25, 0.3) is 0 Å². The number of halogens is 1. The maximum atomic E-state index is 11.7. The zero-order chi connectivity index (χ0) is 14.6. The Morgan fingerprint density at radius 1 is 1.26 bits per heavy atom. The Bertz CT molecular complexity index is 493. The Labute approximate surface area is 122 Å². The molecule has 2 N–H and O–H groups in total. The number of carbonyl (C=O) groups excluding carboxylic acids is 2. The van der Waals surface area contributed by atoms with E-state index in [1.807, 2.05) is 25.1 Å². The lowest BCUT2D eigenvalue weighted by Gasteiger charge is -2.17. The van der Waals surface area contributed by atoms with E-state index in [0.717, 1.165) is 10.0 Å². The molecule has 0 saturated carbocycles. The van der Waals surface area contributed by atoms with Gasteiger partial charge in [0.1, 0.15) is 0 Å². The van der Waals surface area contributed by atoms with Crippen LogP contribution in [0.4, 0.5) is 5.69 Å². The minimum Gasteiger partial charge on any atom is -0.347 e. The number of benzene rings is 1. The summed E-state index contributed by atoms with van der Waals surface area (Å²) >= 11 is 3.40. The molecule has 5 heteroatoms. The van der Waals surface area contributed by atoms with Gasteiger partial charge in [0.2, 0.25) is 11.8 Å². The van der Waals surface area contributed by atoms with E-state index in [0.29, 0.717) is 5.69 Å². The molecule has 0 saturated heterocycles. The van der Waals surface area contributed by atoms with Gasteiger partial charge in [-0.25, -0.2) is 0 Å². The fourth-order valence-corrected chi connectivity index (χ4v) is 1.68. The Morgan fingerprint density at radius 3 is 2.42 bits per heavy atom. The first-order valence-corrected chi connectivity index (χ1v) is 6.84. The lowest BCUT2D eigenvalue weighted by Crippen LogP contribution is -2.39. The van der Waals surface area contributed by atoms with Gasteiger partial charge in [-0.05, 0) is 24.6 Å². The molecule has 0 aliphatic carbocycles. The van der Waals surface area contributed by atoms with E-state index in [1.165, 1.54) is 0 Å². The highest BCUT2D eigenvalue weighted by molar-refractivity contribution is 9.10. The molecule has 0 spiro atoms. The van der Waals surface area contributed by atoms with Crippen LogP contribution in [0, 0.1) is 12.3 Å². The van der Waals surface area contributed by atoms with Crippen LogP contribution in [-0.4, -0.2) is 18.4 Å². The summed E-state index contributed by atoms with van der Waals surface area (Å²) in [7, 11) is 0.